The van der Waals surface area contributed by atoms with Crippen molar-refractivity contribution in [2.75, 3.05) is 0 Å². The van der Waals surface area contributed by atoms with Crippen molar-refractivity contribution < 1.29 is 9.13 Å². The van der Waals surface area contributed by atoms with Crippen LogP contribution in [0, 0.1) is 13.8 Å². The number of ether oxygens (including phenoxy) is 1. The molecule has 0 saturated carbocycles. The van der Waals surface area contributed by atoms with Crippen LogP contribution in [0.5, 0.6) is 5.75 Å². The molecule has 1 unspecified atom stereocenters. The fourth-order valence-corrected chi connectivity index (χ4v) is 1.55. The second-order valence-corrected chi connectivity index (χ2v) is 3.70. The van der Waals surface area contributed by atoms with Gasteiger partial charge in [0.25, 0.3) is 0 Å². The van der Waals surface area contributed by atoms with Crippen molar-refractivity contribution in [3.8, 4) is 5.75 Å². The van der Waals surface area contributed by atoms with Gasteiger partial charge in [-0.3, -0.25) is 0 Å². The maximum atomic E-state index is 13.1. The summed E-state index contributed by atoms with van der Waals surface area (Å²) in [7, 11) is 0. The highest BCUT2D eigenvalue weighted by Crippen LogP contribution is 2.26. The number of nitrogens with two attached hydrogens (primary N) is 1. The standard InChI is InChI=1S/C12H18FNO/c1-4-11(13)15-12-8(2)5-10(7-14)6-9(12)3/h5-6,11H,4,7,14H2,1-3H3. The second-order valence-electron chi connectivity index (χ2n) is 3.70. The Kier molecular flexibility index (Phi) is 4.09. The molecule has 2 nitrogen and oxygen atoms in total. The van der Waals surface area contributed by atoms with E-state index in [9.17, 15) is 4.39 Å². The highest BCUT2D eigenvalue weighted by molar-refractivity contribution is 5.43. The Labute approximate surface area is 90.2 Å². The molecule has 0 saturated heterocycles. The smallest absolute Gasteiger partial charge is 0.238 e. The first kappa shape index (κ1) is 12.0. The van der Waals surface area contributed by atoms with Crippen LogP contribution < -0.4 is 10.5 Å². The fraction of sp³-hybridized carbons (Fsp3) is 0.500. The third kappa shape index (κ3) is 2.93. The summed E-state index contributed by atoms with van der Waals surface area (Å²) in [6, 6.07) is 3.87. The van der Waals surface area contributed by atoms with Crippen molar-refractivity contribution >= 4 is 0 Å². The van der Waals surface area contributed by atoms with Gasteiger partial charge in [-0.1, -0.05) is 19.1 Å². The van der Waals surface area contributed by atoms with Crippen LogP contribution in [-0.4, -0.2) is 6.36 Å². The van der Waals surface area contributed by atoms with Gasteiger partial charge in [-0.05, 0) is 30.5 Å². The summed E-state index contributed by atoms with van der Waals surface area (Å²) in [5, 5.41) is 0. The molecule has 1 aromatic rings. The van der Waals surface area contributed by atoms with E-state index in [0.717, 1.165) is 16.7 Å². The van der Waals surface area contributed by atoms with E-state index in [1.807, 2.05) is 26.0 Å². The molecule has 3 heteroatoms. The number of halogens is 1. The molecule has 0 heterocycles. The lowest BCUT2D eigenvalue weighted by molar-refractivity contribution is 0.0627. The zero-order valence-corrected chi connectivity index (χ0v) is 9.51. The molecule has 0 fully saturated rings. The predicted molar refractivity (Wildman–Crippen MR) is 59.6 cm³/mol. The molecule has 0 aliphatic heterocycles. The maximum absolute atomic E-state index is 13.1. The zero-order chi connectivity index (χ0) is 11.4. The van der Waals surface area contributed by atoms with Gasteiger partial charge in [0.15, 0.2) is 0 Å². The number of hydrogen-bond donors (Lipinski definition) is 1. The van der Waals surface area contributed by atoms with Crippen molar-refractivity contribution in [3.63, 3.8) is 0 Å². The van der Waals surface area contributed by atoms with Crippen LogP contribution in [0.15, 0.2) is 12.1 Å². The number of aryl methyl sites for hydroxylation is 2. The van der Waals surface area contributed by atoms with Crippen LogP contribution in [0.1, 0.15) is 30.0 Å². The molecule has 1 atom stereocenters. The normalized spacial score (nSPS) is 12.6. The first-order valence-electron chi connectivity index (χ1n) is 5.19. The number of rotatable bonds is 4. The van der Waals surface area contributed by atoms with Gasteiger partial charge < -0.3 is 10.5 Å². The molecule has 0 bridgehead atoms. The van der Waals surface area contributed by atoms with Crippen LogP contribution in [0.3, 0.4) is 0 Å². The topological polar surface area (TPSA) is 35.2 Å². The Bertz CT molecular complexity index is 315. The minimum Gasteiger partial charge on any atom is -0.460 e. The van der Waals surface area contributed by atoms with E-state index >= 15 is 0 Å². The molecular formula is C12H18FNO. The van der Waals surface area contributed by atoms with E-state index in [1.165, 1.54) is 0 Å². The third-order valence-electron chi connectivity index (χ3n) is 2.32. The highest BCUT2D eigenvalue weighted by atomic mass is 19.1. The molecule has 0 amide bonds. The minimum absolute atomic E-state index is 0.359. The summed E-state index contributed by atoms with van der Waals surface area (Å²) in [5.74, 6) is 0.640. The molecule has 1 aromatic carbocycles. The SMILES string of the molecule is CCC(F)Oc1c(C)cc(CN)cc1C. The van der Waals surface area contributed by atoms with Gasteiger partial charge in [0.2, 0.25) is 6.36 Å². The molecule has 1 rings (SSSR count). The molecular weight excluding hydrogens is 193 g/mol. The van der Waals surface area contributed by atoms with E-state index in [0.29, 0.717) is 18.7 Å². The fourth-order valence-electron chi connectivity index (χ4n) is 1.55. The van der Waals surface area contributed by atoms with E-state index in [-0.39, 0.29) is 0 Å². The van der Waals surface area contributed by atoms with Crippen LogP contribution in [0.4, 0.5) is 4.39 Å². The van der Waals surface area contributed by atoms with Crippen LogP contribution >= 0.6 is 0 Å². The molecule has 0 spiro atoms. The van der Waals surface area contributed by atoms with Crippen molar-refractivity contribution in [2.45, 2.75) is 40.1 Å². The van der Waals surface area contributed by atoms with Crippen molar-refractivity contribution in [2.24, 2.45) is 5.73 Å². The summed E-state index contributed by atoms with van der Waals surface area (Å²) in [6.45, 7) is 6.06. The second kappa shape index (κ2) is 5.12. The van der Waals surface area contributed by atoms with Crippen molar-refractivity contribution in [3.05, 3.63) is 28.8 Å². The number of benzene rings is 1. The van der Waals surface area contributed by atoms with Gasteiger partial charge in [-0.25, -0.2) is 4.39 Å². The predicted octanol–water partition coefficient (Wildman–Crippen LogP) is 2.85. The zero-order valence-electron chi connectivity index (χ0n) is 9.51. The van der Waals surface area contributed by atoms with Crippen molar-refractivity contribution in [1.29, 1.82) is 0 Å². The van der Waals surface area contributed by atoms with E-state index < -0.39 is 6.36 Å². The van der Waals surface area contributed by atoms with Gasteiger partial charge in [0.1, 0.15) is 5.75 Å². The largest absolute Gasteiger partial charge is 0.460 e. The van der Waals surface area contributed by atoms with Gasteiger partial charge in [-0.2, -0.15) is 0 Å². The molecule has 2 N–H and O–H groups in total. The first-order chi connectivity index (χ1) is 7.08. The average Bonchev–Trinajstić information content (AvgIpc) is 2.22. The Balaban J connectivity index is 2.98. The van der Waals surface area contributed by atoms with E-state index in [2.05, 4.69) is 0 Å². The lowest BCUT2D eigenvalue weighted by Gasteiger charge is -2.15. The first-order valence-corrected chi connectivity index (χ1v) is 5.19. The molecule has 0 aliphatic carbocycles. The highest BCUT2D eigenvalue weighted by Gasteiger charge is 2.10. The summed E-state index contributed by atoms with van der Waals surface area (Å²) >= 11 is 0. The summed E-state index contributed by atoms with van der Waals surface area (Å²) in [6.07, 6.45) is -0.872. The summed E-state index contributed by atoms with van der Waals surface area (Å²) < 4.78 is 18.3. The van der Waals surface area contributed by atoms with Crippen LogP contribution in [0.25, 0.3) is 0 Å². The summed E-state index contributed by atoms with van der Waals surface area (Å²) in [5.41, 5.74) is 8.47. The Hall–Kier alpha value is -1.09. The van der Waals surface area contributed by atoms with Gasteiger partial charge in [0.05, 0.1) is 0 Å². The molecule has 0 aliphatic rings. The average molecular weight is 211 g/mol. The Morgan fingerprint density at radius 2 is 1.87 bits per heavy atom. The third-order valence-corrected chi connectivity index (χ3v) is 2.32. The van der Waals surface area contributed by atoms with Crippen LogP contribution in [0.2, 0.25) is 0 Å². The van der Waals surface area contributed by atoms with Gasteiger partial charge in [-0.15, -0.1) is 0 Å². The Morgan fingerprint density at radius 3 is 2.27 bits per heavy atom. The monoisotopic (exact) mass is 211 g/mol. The van der Waals surface area contributed by atoms with Crippen molar-refractivity contribution in [1.82, 2.24) is 0 Å². The maximum Gasteiger partial charge on any atom is 0.238 e. The molecule has 15 heavy (non-hydrogen) atoms. The lowest BCUT2D eigenvalue weighted by atomic mass is 10.1. The van der Waals surface area contributed by atoms with Gasteiger partial charge in [0, 0.05) is 13.0 Å². The minimum atomic E-state index is -1.23. The number of hydrogen-bond acceptors (Lipinski definition) is 2. The molecule has 0 radical (unpaired) electrons. The lowest BCUT2D eigenvalue weighted by Crippen LogP contribution is -2.10. The number of alkyl halides is 1. The van der Waals surface area contributed by atoms with Crippen LogP contribution in [-0.2, 0) is 6.54 Å². The quantitative estimate of drug-likeness (QED) is 0.831. The van der Waals surface area contributed by atoms with Gasteiger partial charge >= 0.3 is 0 Å². The Morgan fingerprint density at radius 1 is 1.33 bits per heavy atom. The summed E-state index contributed by atoms with van der Waals surface area (Å²) in [4.78, 5) is 0. The van der Waals surface area contributed by atoms with E-state index in [4.69, 9.17) is 10.5 Å². The molecule has 84 valence electrons. The van der Waals surface area contributed by atoms with E-state index in [1.54, 1.807) is 6.92 Å². The molecule has 0 aromatic heterocycles.